The number of aliphatic hydroxyl groups excluding tert-OH is 1. The van der Waals surface area contributed by atoms with Crippen LogP contribution in [0.4, 0.5) is 0 Å². The van der Waals surface area contributed by atoms with Crippen LogP contribution in [0.3, 0.4) is 0 Å². The van der Waals surface area contributed by atoms with Crippen molar-refractivity contribution in [3.05, 3.63) is 17.0 Å². The van der Waals surface area contributed by atoms with Gasteiger partial charge in [-0.05, 0) is 57.6 Å². The summed E-state index contributed by atoms with van der Waals surface area (Å²) in [4.78, 5) is 19.8. The van der Waals surface area contributed by atoms with E-state index in [0.717, 1.165) is 69.9 Å². The number of fused-ring (bicyclic) bond motifs is 1. The summed E-state index contributed by atoms with van der Waals surface area (Å²) in [7, 11) is 4.13. The molecule has 1 aliphatic carbocycles. The van der Waals surface area contributed by atoms with Gasteiger partial charge in [0.25, 0.3) is 0 Å². The van der Waals surface area contributed by atoms with Gasteiger partial charge in [0.15, 0.2) is 0 Å². The molecule has 0 unspecified atom stereocenters. The normalized spacial score (nSPS) is 31.3. The minimum Gasteiger partial charge on any atom is -0.391 e. The molecule has 0 spiro atoms. The van der Waals surface area contributed by atoms with Gasteiger partial charge in [-0.2, -0.15) is 5.10 Å². The van der Waals surface area contributed by atoms with Gasteiger partial charge in [-0.15, -0.1) is 0 Å². The number of aromatic nitrogens is 2. The average Bonchev–Trinajstić information content (AvgIpc) is 3.20. The molecule has 1 N–H and O–H groups in total. The number of hydrogen-bond donors (Lipinski definition) is 1. The van der Waals surface area contributed by atoms with Gasteiger partial charge in [0.2, 0.25) is 5.91 Å². The number of carbonyl (C=O) groups is 1. The fourth-order valence-corrected chi connectivity index (χ4v) is 5.73. The van der Waals surface area contributed by atoms with Crippen LogP contribution in [0.25, 0.3) is 0 Å². The summed E-state index contributed by atoms with van der Waals surface area (Å²) in [5.74, 6) is 1.25. The molecule has 1 aromatic rings. The lowest BCUT2D eigenvalue weighted by atomic mass is 9.77. The topological polar surface area (TPSA) is 64.8 Å². The molecule has 0 aromatic carbocycles. The maximum Gasteiger partial charge on any atom is 0.222 e. The van der Waals surface area contributed by atoms with Crippen LogP contribution >= 0.6 is 0 Å². The Hall–Kier alpha value is -1.44. The Balaban J connectivity index is 1.32. The van der Waals surface area contributed by atoms with E-state index < -0.39 is 0 Å². The Morgan fingerprint density at radius 1 is 1.07 bits per heavy atom. The van der Waals surface area contributed by atoms with Gasteiger partial charge >= 0.3 is 0 Å². The fourth-order valence-electron chi connectivity index (χ4n) is 5.73. The second-order valence-electron chi connectivity index (χ2n) is 9.54. The zero-order chi connectivity index (χ0) is 20.7. The predicted molar refractivity (Wildman–Crippen MR) is 113 cm³/mol. The number of nitrogens with zero attached hydrogens (tertiary/aromatic N) is 5. The third kappa shape index (κ3) is 4.23. The lowest BCUT2D eigenvalue weighted by Gasteiger charge is -2.44. The highest BCUT2D eigenvalue weighted by Gasteiger charge is 2.44. The van der Waals surface area contributed by atoms with Gasteiger partial charge in [0.1, 0.15) is 0 Å². The number of aliphatic hydroxyl groups is 1. The molecule has 1 saturated carbocycles. The monoisotopic (exact) mass is 403 g/mol. The molecular formula is C22H37N5O2. The average molecular weight is 404 g/mol. The molecule has 4 atom stereocenters. The highest BCUT2D eigenvalue weighted by molar-refractivity contribution is 5.77. The third-order valence-corrected chi connectivity index (χ3v) is 7.72. The van der Waals surface area contributed by atoms with Gasteiger partial charge in [-0.25, -0.2) is 0 Å². The second kappa shape index (κ2) is 8.36. The van der Waals surface area contributed by atoms with E-state index in [1.807, 2.05) is 18.7 Å². The molecule has 3 heterocycles. The van der Waals surface area contributed by atoms with E-state index >= 15 is 0 Å². The van der Waals surface area contributed by atoms with Gasteiger partial charge in [-0.3, -0.25) is 14.4 Å². The number of amides is 1. The summed E-state index contributed by atoms with van der Waals surface area (Å²) in [5, 5.41) is 15.3. The van der Waals surface area contributed by atoms with Crippen molar-refractivity contribution in [3.8, 4) is 0 Å². The lowest BCUT2D eigenvalue weighted by Crippen LogP contribution is -2.55. The van der Waals surface area contributed by atoms with Gasteiger partial charge in [0.05, 0.1) is 11.8 Å². The minimum atomic E-state index is -0.254. The molecule has 0 radical (unpaired) electrons. The van der Waals surface area contributed by atoms with E-state index in [4.69, 9.17) is 0 Å². The molecule has 3 fully saturated rings. The summed E-state index contributed by atoms with van der Waals surface area (Å²) in [6, 6.07) is 0.265. The standard InChI is InChI=1S/C22H37N5O2/c1-15-19(16(2)25(4)23-15)5-6-22(29)27-13-17-11-20(21(28)12-18(17)14-27)26-9-7-24(3)8-10-26/h17-18,20-21,28H,5-14H2,1-4H3/t17-,18+,20-,21-/m1/s1. The summed E-state index contributed by atoms with van der Waals surface area (Å²) in [6.45, 7) is 10.0. The third-order valence-electron chi connectivity index (χ3n) is 7.72. The van der Waals surface area contributed by atoms with E-state index in [2.05, 4.69) is 33.8 Å². The van der Waals surface area contributed by atoms with Crippen LogP contribution in [0.2, 0.25) is 0 Å². The van der Waals surface area contributed by atoms with Crippen LogP contribution in [0, 0.1) is 25.7 Å². The van der Waals surface area contributed by atoms with Crippen molar-refractivity contribution < 1.29 is 9.90 Å². The minimum absolute atomic E-state index is 0.254. The van der Waals surface area contributed by atoms with Crippen molar-refractivity contribution in [1.29, 1.82) is 0 Å². The Kier molecular flexibility index (Phi) is 6.00. The van der Waals surface area contributed by atoms with Crippen molar-refractivity contribution in [2.75, 3.05) is 46.3 Å². The molecular weight excluding hydrogens is 366 g/mol. The molecule has 1 aromatic heterocycles. The van der Waals surface area contributed by atoms with Gasteiger partial charge < -0.3 is 14.9 Å². The first kappa shape index (κ1) is 20.8. The molecule has 7 heteroatoms. The van der Waals surface area contributed by atoms with E-state index in [-0.39, 0.29) is 18.1 Å². The van der Waals surface area contributed by atoms with Crippen LogP contribution < -0.4 is 0 Å². The van der Waals surface area contributed by atoms with Crippen LogP contribution in [0.15, 0.2) is 0 Å². The Labute approximate surface area is 174 Å². The number of hydrogen-bond acceptors (Lipinski definition) is 5. The highest BCUT2D eigenvalue weighted by Crippen LogP contribution is 2.38. The van der Waals surface area contributed by atoms with E-state index in [0.29, 0.717) is 18.3 Å². The van der Waals surface area contributed by atoms with Crippen molar-refractivity contribution in [3.63, 3.8) is 0 Å². The zero-order valence-corrected chi connectivity index (χ0v) is 18.5. The SMILES string of the molecule is Cc1nn(C)c(C)c1CCC(=O)N1C[C@H]2C[C@@H](N3CCN(C)CC3)[C@H](O)C[C@H]2C1. The Morgan fingerprint density at radius 3 is 2.34 bits per heavy atom. The Morgan fingerprint density at radius 2 is 1.72 bits per heavy atom. The summed E-state index contributed by atoms with van der Waals surface area (Å²) in [5.41, 5.74) is 3.40. The summed E-state index contributed by atoms with van der Waals surface area (Å²) in [6.07, 6.45) is 2.93. The van der Waals surface area contributed by atoms with Crippen molar-refractivity contribution in [2.24, 2.45) is 18.9 Å². The number of rotatable bonds is 4. The van der Waals surface area contributed by atoms with Crippen molar-refractivity contribution in [1.82, 2.24) is 24.5 Å². The first-order valence-electron chi connectivity index (χ1n) is 11.2. The molecule has 2 aliphatic heterocycles. The molecule has 162 valence electrons. The number of likely N-dealkylation sites (N-methyl/N-ethyl adjacent to an activating group) is 1. The molecule has 0 bridgehead atoms. The molecule has 4 rings (SSSR count). The number of aryl methyl sites for hydroxylation is 2. The van der Waals surface area contributed by atoms with Gasteiger partial charge in [0, 0.05) is 64.5 Å². The quantitative estimate of drug-likeness (QED) is 0.806. The zero-order valence-electron chi connectivity index (χ0n) is 18.5. The molecule has 1 amide bonds. The number of likely N-dealkylation sites (tertiary alicyclic amines) is 1. The van der Waals surface area contributed by atoms with E-state index in [9.17, 15) is 9.90 Å². The number of piperazine rings is 1. The van der Waals surface area contributed by atoms with Crippen LogP contribution in [-0.4, -0.2) is 94.0 Å². The first-order valence-corrected chi connectivity index (χ1v) is 11.2. The summed E-state index contributed by atoms with van der Waals surface area (Å²) >= 11 is 0. The predicted octanol–water partition coefficient (Wildman–Crippen LogP) is 0.815. The Bertz CT molecular complexity index is 740. The van der Waals surface area contributed by atoms with Crippen LogP contribution in [-0.2, 0) is 18.3 Å². The number of carbonyl (C=O) groups excluding carboxylic acids is 1. The van der Waals surface area contributed by atoms with E-state index in [1.165, 1.54) is 5.56 Å². The largest absolute Gasteiger partial charge is 0.391 e. The second-order valence-corrected chi connectivity index (χ2v) is 9.54. The highest BCUT2D eigenvalue weighted by atomic mass is 16.3. The van der Waals surface area contributed by atoms with Crippen LogP contribution in [0.1, 0.15) is 36.2 Å². The molecule has 7 nitrogen and oxygen atoms in total. The van der Waals surface area contributed by atoms with Gasteiger partial charge in [-0.1, -0.05) is 0 Å². The first-order chi connectivity index (χ1) is 13.8. The molecule has 29 heavy (non-hydrogen) atoms. The lowest BCUT2D eigenvalue weighted by molar-refractivity contribution is -0.130. The molecule has 3 aliphatic rings. The smallest absolute Gasteiger partial charge is 0.222 e. The van der Waals surface area contributed by atoms with Crippen LogP contribution in [0.5, 0.6) is 0 Å². The maximum absolute atomic E-state index is 12.9. The van der Waals surface area contributed by atoms with E-state index in [1.54, 1.807) is 0 Å². The summed E-state index contributed by atoms with van der Waals surface area (Å²) < 4.78 is 1.90. The maximum atomic E-state index is 12.9. The van der Waals surface area contributed by atoms with Crippen molar-refractivity contribution >= 4 is 5.91 Å². The molecule has 2 saturated heterocycles. The van der Waals surface area contributed by atoms with Crippen molar-refractivity contribution in [2.45, 2.75) is 51.7 Å². The fraction of sp³-hybridized carbons (Fsp3) is 0.818.